The van der Waals surface area contributed by atoms with Gasteiger partial charge in [0, 0.05) is 31.9 Å². The zero-order chi connectivity index (χ0) is 13.5. The molecule has 0 aliphatic heterocycles. The van der Waals surface area contributed by atoms with Crippen LogP contribution in [0.4, 0.5) is 5.69 Å². The van der Waals surface area contributed by atoms with Gasteiger partial charge in [-0.3, -0.25) is 4.90 Å². The molecule has 0 heterocycles. The molecule has 0 radical (unpaired) electrons. The monoisotopic (exact) mass is 250 g/mol. The van der Waals surface area contributed by atoms with Crippen LogP contribution < -0.4 is 5.73 Å². The summed E-state index contributed by atoms with van der Waals surface area (Å²) in [5, 5.41) is 0. The number of hydrogen-bond donors (Lipinski definition) is 1. The fourth-order valence-corrected chi connectivity index (χ4v) is 1.99. The van der Waals surface area contributed by atoms with E-state index < -0.39 is 0 Å². The molecule has 18 heavy (non-hydrogen) atoms. The third-order valence-electron chi connectivity index (χ3n) is 3.52. The van der Waals surface area contributed by atoms with Crippen molar-refractivity contribution >= 4 is 5.69 Å². The second-order valence-electron chi connectivity index (χ2n) is 4.91. The molecule has 0 amide bonds. The molecule has 1 atom stereocenters. The third-order valence-corrected chi connectivity index (χ3v) is 3.52. The van der Waals surface area contributed by atoms with Gasteiger partial charge in [-0.15, -0.1) is 0 Å². The fraction of sp³-hybridized carbons (Fsp3) is 0.600. The van der Waals surface area contributed by atoms with E-state index >= 15 is 0 Å². The zero-order valence-electron chi connectivity index (χ0n) is 12.1. The molecule has 0 spiro atoms. The summed E-state index contributed by atoms with van der Waals surface area (Å²) in [6.07, 6.45) is 1.15. The van der Waals surface area contributed by atoms with Crippen LogP contribution in [0.25, 0.3) is 0 Å². The lowest BCUT2D eigenvalue weighted by molar-refractivity contribution is 0.118. The van der Waals surface area contributed by atoms with Crippen LogP contribution in [0.15, 0.2) is 18.2 Å². The highest BCUT2D eigenvalue weighted by Gasteiger charge is 2.12. The van der Waals surface area contributed by atoms with Crippen molar-refractivity contribution in [2.24, 2.45) is 0 Å². The number of methoxy groups -OCH3 is 1. The first kappa shape index (κ1) is 15.0. The van der Waals surface area contributed by atoms with Crippen molar-refractivity contribution in [2.75, 3.05) is 26.0 Å². The van der Waals surface area contributed by atoms with E-state index in [0.717, 1.165) is 37.4 Å². The van der Waals surface area contributed by atoms with Gasteiger partial charge in [0.2, 0.25) is 0 Å². The molecule has 1 unspecified atom stereocenters. The van der Waals surface area contributed by atoms with Crippen molar-refractivity contribution in [3.63, 3.8) is 0 Å². The molecule has 0 saturated carbocycles. The molecule has 1 aromatic carbocycles. The fourth-order valence-electron chi connectivity index (χ4n) is 1.99. The predicted octanol–water partition coefficient (Wildman–Crippen LogP) is 2.82. The highest BCUT2D eigenvalue weighted by Crippen LogP contribution is 2.16. The molecule has 0 bridgehead atoms. The summed E-state index contributed by atoms with van der Waals surface area (Å²) in [6, 6.07) is 6.86. The molecule has 3 heteroatoms. The van der Waals surface area contributed by atoms with Crippen LogP contribution in [0, 0.1) is 6.92 Å². The van der Waals surface area contributed by atoms with Crippen molar-refractivity contribution in [1.29, 1.82) is 0 Å². The first-order chi connectivity index (χ1) is 8.58. The van der Waals surface area contributed by atoms with Gasteiger partial charge in [0.1, 0.15) is 0 Å². The van der Waals surface area contributed by atoms with Crippen molar-refractivity contribution < 1.29 is 4.74 Å². The van der Waals surface area contributed by atoms with E-state index in [0.29, 0.717) is 6.04 Å². The maximum absolute atomic E-state index is 5.85. The van der Waals surface area contributed by atoms with Gasteiger partial charge in [0.05, 0.1) is 6.61 Å². The Kier molecular flexibility index (Phi) is 6.16. The minimum absolute atomic E-state index is 0.568. The van der Waals surface area contributed by atoms with Gasteiger partial charge >= 0.3 is 0 Å². The Labute approximate surface area is 111 Å². The van der Waals surface area contributed by atoms with Crippen molar-refractivity contribution in [1.82, 2.24) is 4.90 Å². The highest BCUT2D eigenvalue weighted by atomic mass is 16.5. The lowest BCUT2D eigenvalue weighted by atomic mass is 10.1. The standard InChI is InChI=1S/C15H26N2O/c1-5-13(3)17(8-9-18-4)11-14-6-7-15(16)12(2)10-14/h6-7,10,13H,5,8-9,11,16H2,1-4H3. The number of ether oxygens (including phenoxy) is 1. The van der Waals surface area contributed by atoms with Crippen LogP contribution in [0.2, 0.25) is 0 Å². The van der Waals surface area contributed by atoms with Gasteiger partial charge in [-0.05, 0) is 37.5 Å². The predicted molar refractivity (Wildman–Crippen MR) is 77.6 cm³/mol. The smallest absolute Gasteiger partial charge is 0.0589 e. The van der Waals surface area contributed by atoms with Crippen LogP contribution in [0.5, 0.6) is 0 Å². The van der Waals surface area contributed by atoms with E-state index in [1.165, 1.54) is 5.56 Å². The third kappa shape index (κ3) is 4.31. The van der Waals surface area contributed by atoms with E-state index in [1.54, 1.807) is 7.11 Å². The van der Waals surface area contributed by atoms with Crippen LogP contribution >= 0.6 is 0 Å². The Bertz CT molecular complexity index is 366. The number of anilines is 1. The summed E-state index contributed by atoms with van der Waals surface area (Å²) >= 11 is 0. The minimum Gasteiger partial charge on any atom is -0.399 e. The molecular formula is C15H26N2O. The number of rotatable bonds is 7. The average Bonchev–Trinajstić information content (AvgIpc) is 2.37. The zero-order valence-corrected chi connectivity index (χ0v) is 12.1. The highest BCUT2D eigenvalue weighted by molar-refractivity contribution is 5.47. The van der Waals surface area contributed by atoms with Crippen LogP contribution in [0.3, 0.4) is 0 Å². The maximum atomic E-state index is 5.85. The molecular weight excluding hydrogens is 224 g/mol. The first-order valence-corrected chi connectivity index (χ1v) is 6.66. The number of aryl methyl sites for hydroxylation is 1. The summed E-state index contributed by atoms with van der Waals surface area (Å²) in [5.74, 6) is 0. The SMILES string of the molecule is CCC(C)N(CCOC)Cc1ccc(N)c(C)c1. The number of nitrogens with zero attached hydrogens (tertiary/aromatic N) is 1. The Balaban J connectivity index is 2.71. The van der Waals surface area contributed by atoms with Gasteiger partial charge < -0.3 is 10.5 Å². The molecule has 1 rings (SSSR count). The Hall–Kier alpha value is -1.06. The lowest BCUT2D eigenvalue weighted by Crippen LogP contribution is -2.34. The second-order valence-corrected chi connectivity index (χ2v) is 4.91. The Morgan fingerprint density at radius 1 is 1.39 bits per heavy atom. The summed E-state index contributed by atoms with van der Waals surface area (Å²) < 4.78 is 5.19. The van der Waals surface area contributed by atoms with E-state index in [4.69, 9.17) is 10.5 Å². The van der Waals surface area contributed by atoms with Crippen LogP contribution in [-0.4, -0.2) is 31.2 Å². The number of benzene rings is 1. The van der Waals surface area contributed by atoms with Gasteiger partial charge in [-0.2, -0.15) is 0 Å². The molecule has 0 saturated heterocycles. The molecule has 1 aromatic rings. The molecule has 2 N–H and O–H groups in total. The van der Waals surface area contributed by atoms with Crippen molar-refractivity contribution in [3.05, 3.63) is 29.3 Å². The average molecular weight is 250 g/mol. The van der Waals surface area contributed by atoms with Crippen molar-refractivity contribution in [2.45, 2.75) is 39.8 Å². The van der Waals surface area contributed by atoms with Gasteiger partial charge in [0.25, 0.3) is 0 Å². The number of hydrogen-bond acceptors (Lipinski definition) is 3. The summed E-state index contributed by atoms with van der Waals surface area (Å²) in [7, 11) is 1.75. The molecule has 0 aromatic heterocycles. The second kappa shape index (κ2) is 7.39. The Morgan fingerprint density at radius 3 is 2.67 bits per heavy atom. The number of nitrogens with two attached hydrogens (primary N) is 1. The van der Waals surface area contributed by atoms with Gasteiger partial charge in [-0.1, -0.05) is 19.1 Å². The molecule has 3 nitrogen and oxygen atoms in total. The van der Waals surface area contributed by atoms with E-state index in [2.05, 4.69) is 37.8 Å². The lowest BCUT2D eigenvalue weighted by Gasteiger charge is -2.28. The molecule has 0 aliphatic carbocycles. The number of nitrogen functional groups attached to an aromatic ring is 1. The normalized spacial score (nSPS) is 12.9. The van der Waals surface area contributed by atoms with Crippen molar-refractivity contribution in [3.8, 4) is 0 Å². The van der Waals surface area contributed by atoms with Gasteiger partial charge in [-0.25, -0.2) is 0 Å². The van der Waals surface area contributed by atoms with E-state index in [1.807, 2.05) is 6.07 Å². The summed E-state index contributed by atoms with van der Waals surface area (Å²) in [6.45, 7) is 9.24. The van der Waals surface area contributed by atoms with Crippen LogP contribution in [-0.2, 0) is 11.3 Å². The maximum Gasteiger partial charge on any atom is 0.0589 e. The van der Waals surface area contributed by atoms with E-state index in [-0.39, 0.29) is 0 Å². The summed E-state index contributed by atoms with van der Waals surface area (Å²) in [5.41, 5.74) is 9.19. The quantitative estimate of drug-likeness (QED) is 0.756. The minimum atomic E-state index is 0.568. The van der Waals surface area contributed by atoms with Crippen LogP contribution in [0.1, 0.15) is 31.4 Å². The van der Waals surface area contributed by atoms with Gasteiger partial charge in [0.15, 0.2) is 0 Å². The largest absolute Gasteiger partial charge is 0.399 e. The topological polar surface area (TPSA) is 38.5 Å². The molecule has 102 valence electrons. The molecule has 0 fully saturated rings. The Morgan fingerprint density at radius 2 is 2.11 bits per heavy atom. The first-order valence-electron chi connectivity index (χ1n) is 6.66. The molecule has 0 aliphatic rings. The van der Waals surface area contributed by atoms with E-state index in [9.17, 15) is 0 Å². The summed E-state index contributed by atoms with van der Waals surface area (Å²) in [4.78, 5) is 2.45.